The van der Waals surface area contributed by atoms with Crippen LogP contribution in [0.4, 0.5) is 0 Å². The van der Waals surface area contributed by atoms with Crippen molar-refractivity contribution in [1.29, 1.82) is 0 Å². The first-order chi connectivity index (χ1) is 9.86. The van der Waals surface area contributed by atoms with Crippen molar-refractivity contribution in [2.24, 2.45) is 5.73 Å². The van der Waals surface area contributed by atoms with E-state index in [1.165, 1.54) is 36.1 Å². The van der Waals surface area contributed by atoms with Crippen molar-refractivity contribution in [3.8, 4) is 11.1 Å². The first-order valence-corrected chi connectivity index (χ1v) is 7.45. The molecule has 2 aromatic rings. The summed E-state index contributed by atoms with van der Waals surface area (Å²) in [5.41, 5.74) is 9.78. The van der Waals surface area contributed by atoms with E-state index in [0.717, 1.165) is 13.1 Å². The Bertz CT molecular complexity index is 533. The van der Waals surface area contributed by atoms with E-state index in [0.29, 0.717) is 6.04 Å². The second kappa shape index (κ2) is 6.21. The first-order valence-electron chi connectivity index (χ1n) is 7.45. The molecule has 0 spiro atoms. The minimum Gasteiger partial charge on any atom is -0.329 e. The van der Waals surface area contributed by atoms with Crippen molar-refractivity contribution in [1.82, 2.24) is 4.90 Å². The van der Waals surface area contributed by atoms with Crippen molar-refractivity contribution in [3.63, 3.8) is 0 Å². The maximum atomic E-state index is 5.84. The van der Waals surface area contributed by atoms with Gasteiger partial charge in [-0.15, -0.1) is 0 Å². The van der Waals surface area contributed by atoms with Crippen LogP contribution in [0, 0.1) is 0 Å². The van der Waals surface area contributed by atoms with E-state index >= 15 is 0 Å². The Balaban J connectivity index is 1.70. The SMILES string of the molecule is NC[C@@H]1CCCN1Cc1ccc(-c2ccccc2)cc1. The zero-order chi connectivity index (χ0) is 13.8. The monoisotopic (exact) mass is 266 g/mol. The molecule has 2 heteroatoms. The van der Waals surface area contributed by atoms with Crippen LogP contribution in [0.15, 0.2) is 54.6 Å². The molecule has 2 aromatic carbocycles. The smallest absolute Gasteiger partial charge is 0.0237 e. The lowest BCUT2D eigenvalue weighted by molar-refractivity contribution is 0.250. The molecule has 3 rings (SSSR count). The van der Waals surface area contributed by atoms with Gasteiger partial charge in [-0.1, -0.05) is 54.6 Å². The Morgan fingerprint density at radius 1 is 0.950 bits per heavy atom. The van der Waals surface area contributed by atoms with E-state index in [1.807, 2.05) is 0 Å². The lowest BCUT2D eigenvalue weighted by Gasteiger charge is -2.23. The highest BCUT2D eigenvalue weighted by molar-refractivity contribution is 5.63. The van der Waals surface area contributed by atoms with Gasteiger partial charge in [-0.25, -0.2) is 0 Å². The predicted octanol–water partition coefficient (Wildman–Crippen LogP) is 3.28. The number of hydrogen-bond acceptors (Lipinski definition) is 2. The van der Waals surface area contributed by atoms with Gasteiger partial charge in [0.25, 0.3) is 0 Å². The highest BCUT2D eigenvalue weighted by Gasteiger charge is 2.22. The Hall–Kier alpha value is -1.64. The van der Waals surface area contributed by atoms with Crippen molar-refractivity contribution in [3.05, 3.63) is 60.2 Å². The van der Waals surface area contributed by atoms with Crippen LogP contribution in [0.25, 0.3) is 11.1 Å². The fourth-order valence-corrected chi connectivity index (χ4v) is 3.04. The number of nitrogens with zero attached hydrogens (tertiary/aromatic N) is 1. The predicted molar refractivity (Wildman–Crippen MR) is 84.4 cm³/mol. The fraction of sp³-hybridized carbons (Fsp3) is 0.333. The fourth-order valence-electron chi connectivity index (χ4n) is 3.04. The number of rotatable bonds is 4. The van der Waals surface area contributed by atoms with Gasteiger partial charge in [-0.3, -0.25) is 4.90 Å². The summed E-state index contributed by atoms with van der Waals surface area (Å²) in [4.78, 5) is 2.51. The normalized spacial score (nSPS) is 19.4. The average Bonchev–Trinajstić information content (AvgIpc) is 2.96. The maximum Gasteiger partial charge on any atom is 0.0237 e. The lowest BCUT2D eigenvalue weighted by atomic mass is 10.0. The van der Waals surface area contributed by atoms with Gasteiger partial charge in [0.15, 0.2) is 0 Å². The number of likely N-dealkylation sites (tertiary alicyclic amines) is 1. The topological polar surface area (TPSA) is 29.3 Å². The van der Waals surface area contributed by atoms with Gasteiger partial charge in [0, 0.05) is 19.1 Å². The highest BCUT2D eigenvalue weighted by Crippen LogP contribution is 2.22. The van der Waals surface area contributed by atoms with E-state index < -0.39 is 0 Å². The van der Waals surface area contributed by atoms with Gasteiger partial charge in [-0.05, 0) is 36.1 Å². The van der Waals surface area contributed by atoms with E-state index in [1.54, 1.807) is 0 Å². The molecule has 20 heavy (non-hydrogen) atoms. The minimum atomic E-state index is 0.573. The number of nitrogens with two attached hydrogens (primary N) is 1. The standard InChI is InChI=1S/C18H22N2/c19-13-18-7-4-12-20(18)14-15-8-10-17(11-9-15)16-5-2-1-3-6-16/h1-3,5-6,8-11,18H,4,7,12-14,19H2/t18-/m0/s1. The zero-order valence-electron chi connectivity index (χ0n) is 11.8. The molecule has 0 aromatic heterocycles. The van der Waals surface area contributed by atoms with Crippen LogP contribution < -0.4 is 5.73 Å². The molecule has 0 unspecified atom stereocenters. The van der Waals surface area contributed by atoms with Crippen molar-refractivity contribution < 1.29 is 0 Å². The van der Waals surface area contributed by atoms with Crippen LogP contribution >= 0.6 is 0 Å². The minimum absolute atomic E-state index is 0.573. The summed E-state index contributed by atoms with van der Waals surface area (Å²) >= 11 is 0. The second-order valence-corrected chi connectivity index (χ2v) is 5.57. The Labute approximate surface area is 121 Å². The van der Waals surface area contributed by atoms with Gasteiger partial charge in [0.05, 0.1) is 0 Å². The number of hydrogen-bond donors (Lipinski definition) is 1. The van der Waals surface area contributed by atoms with Crippen molar-refractivity contribution in [2.75, 3.05) is 13.1 Å². The van der Waals surface area contributed by atoms with Gasteiger partial charge in [0.1, 0.15) is 0 Å². The molecule has 1 saturated heterocycles. The molecule has 0 radical (unpaired) electrons. The zero-order valence-corrected chi connectivity index (χ0v) is 11.8. The molecular formula is C18H22N2. The van der Waals surface area contributed by atoms with Gasteiger partial charge in [0.2, 0.25) is 0 Å². The molecule has 1 fully saturated rings. The van der Waals surface area contributed by atoms with Crippen LogP contribution in [0.3, 0.4) is 0 Å². The molecule has 1 atom stereocenters. The molecule has 0 amide bonds. The highest BCUT2D eigenvalue weighted by atomic mass is 15.2. The Morgan fingerprint density at radius 3 is 2.35 bits per heavy atom. The van der Waals surface area contributed by atoms with Crippen LogP contribution in [0.1, 0.15) is 18.4 Å². The van der Waals surface area contributed by atoms with Gasteiger partial charge >= 0.3 is 0 Å². The third-order valence-corrected chi connectivity index (χ3v) is 4.22. The summed E-state index contributed by atoms with van der Waals surface area (Å²) in [6.45, 7) is 2.99. The summed E-state index contributed by atoms with van der Waals surface area (Å²) < 4.78 is 0. The van der Waals surface area contributed by atoms with E-state index in [9.17, 15) is 0 Å². The van der Waals surface area contributed by atoms with Crippen molar-refractivity contribution in [2.45, 2.75) is 25.4 Å². The molecule has 1 aliphatic rings. The Kier molecular flexibility index (Phi) is 4.14. The number of benzene rings is 2. The van der Waals surface area contributed by atoms with Crippen molar-refractivity contribution >= 4 is 0 Å². The summed E-state index contributed by atoms with van der Waals surface area (Å²) in [7, 11) is 0. The third-order valence-electron chi connectivity index (χ3n) is 4.22. The molecule has 1 heterocycles. The molecule has 1 aliphatic heterocycles. The Morgan fingerprint density at radius 2 is 1.65 bits per heavy atom. The maximum absolute atomic E-state index is 5.84. The summed E-state index contributed by atoms with van der Waals surface area (Å²) in [5, 5.41) is 0. The summed E-state index contributed by atoms with van der Waals surface area (Å²) in [6, 6.07) is 20.0. The molecular weight excluding hydrogens is 244 g/mol. The molecule has 2 N–H and O–H groups in total. The van der Waals surface area contributed by atoms with Gasteiger partial charge in [-0.2, -0.15) is 0 Å². The summed E-state index contributed by atoms with van der Waals surface area (Å²) in [6.07, 6.45) is 2.53. The largest absolute Gasteiger partial charge is 0.329 e. The van der Waals surface area contributed by atoms with E-state index in [-0.39, 0.29) is 0 Å². The van der Waals surface area contributed by atoms with E-state index in [2.05, 4.69) is 59.5 Å². The second-order valence-electron chi connectivity index (χ2n) is 5.57. The van der Waals surface area contributed by atoms with Crippen LogP contribution in [0.2, 0.25) is 0 Å². The molecule has 0 saturated carbocycles. The molecule has 104 valence electrons. The first kappa shape index (κ1) is 13.3. The molecule has 0 aliphatic carbocycles. The summed E-state index contributed by atoms with van der Waals surface area (Å²) in [5.74, 6) is 0. The van der Waals surface area contributed by atoms with Gasteiger partial charge < -0.3 is 5.73 Å². The molecule has 2 nitrogen and oxygen atoms in total. The van der Waals surface area contributed by atoms with Crippen LogP contribution in [-0.2, 0) is 6.54 Å². The molecule has 0 bridgehead atoms. The lowest BCUT2D eigenvalue weighted by Crippen LogP contribution is -2.34. The van der Waals surface area contributed by atoms with Crippen LogP contribution in [0.5, 0.6) is 0 Å². The third kappa shape index (κ3) is 2.92. The average molecular weight is 266 g/mol. The van der Waals surface area contributed by atoms with E-state index in [4.69, 9.17) is 5.73 Å². The van der Waals surface area contributed by atoms with Crippen LogP contribution in [-0.4, -0.2) is 24.0 Å². The quantitative estimate of drug-likeness (QED) is 0.920.